The lowest BCUT2D eigenvalue weighted by molar-refractivity contribution is 0.0390. The van der Waals surface area contributed by atoms with E-state index < -0.39 is 7.14 Å². The molecule has 1 aliphatic carbocycles. The molecule has 164 valence electrons. The highest BCUT2D eigenvalue weighted by Gasteiger charge is 2.43. The van der Waals surface area contributed by atoms with E-state index in [1.165, 1.54) is 22.3 Å². The van der Waals surface area contributed by atoms with Crippen molar-refractivity contribution in [1.29, 1.82) is 0 Å². The number of morpholine rings is 1. The van der Waals surface area contributed by atoms with Crippen molar-refractivity contribution in [3.63, 3.8) is 0 Å². The van der Waals surface area contributed by atoms with Gasteiger partial charge in [0.2, 0.25) is 0 Å². The Morgan fingerprint density at radius 3 is 2.03 bits per heavy atom. The van der Waals surface area contributed by atoms with Crippen LogP contribution in [0.2, 0.25) is 0 Å². The van der Waals surface area contributed by atoms with Gasteiger partial charge in [-0.3, -0.25) is 4.90 Å². The van der Waals surface area contributed by atoms with E-state index in [0.717, 1.165) is 49.9 Å². The number of ether oxygens (including phenoxy) is 1. The first-order valence-electron chi connectivity index (χ1n) is 11.5. The first-order valence-corrected chi connectivity index (χ1v) is 13.3. The molecule has 1 heterocycles. The lowest BCUT2D eigenvalue weighted by Crippen LogP contribution is -2.36. The van der Waals surface area contributed by atoms with Crippen LogP contribution in [0.4, 0.5) is 0 Å². The molecule has 3 aromatic rings. The summed E-state index contributed by atoms with van der Waals surface area (Å²) in [6.07, 6.45) is 0.975. The van der Waals surface area contributed by atoms with Gasteiger partial charge in [-0.2, -0.15) is 0 Å². The van der Waals surface area contributed by atoms with Crippen LogP contribution in [0, 0.1) is 0 Å². The Morgan fingerprint density at radius 2 is 1.41 bits per heavy atom. The predicted molar refractivity (Wildman–Crippen MR) is 133 cm³/mol. The molecule has 2 aliphatic rings. The number of benzene rings is 3. The highest BCUT2D eigenvalue weighted by Crippen LogP contribution is 2.65. The molecular formula is C28H30NO2P. The van der Waals surface area contributed by atoms with Crippen molar-refractivity contribution in [2.75, 3.05) is 32.8 Å². The Bertz CT molecular complexity index is 1110. The minimum absolute atomic E-state index is 0.122. The zero-order valence-corrected chi connectivity index (χ0v) is 19.5. The SMILES string of the molecule is CC1=C(CCN2CCOCC2)c2ccccc2C1P(=O)(c1ccccc1)c1ccccc1. The molecule has 4 heteroatoms. The molecule has 1 fully saturated rings. The van der Waals surface area contributed by atoms with Crippen LogP contribution < -0.4 is 10.6 Å². The van der Waals surface area contributed by atoms with Gasteiger partial charge in [-0.05, 0) is 30.0 Å². The molecule has 1 aliphatic heterocycles. The van der Waals surface area contributed by atoms with Gasteiger partial charge in [0, 0.05) is 30.2 Å². The third-order valence-corrected chi connectivity index (χ3v) is 10.4. The van der Waals surface area contributed by atoms with Crippen molar-refractivity contribution in [2.45, 2.75) is 19.0 Å². The summed E-state index contributed by atoms with van der Waals surface area (Å²) >= 11 is 0. The minimum atomic E-state index is -2.94. The van der Waals surface area contributed by atoms with Crippen LogP contribution in [0.25, 0.3) is 5.57 Å². The maximum Gasteiger partial charge on any atom is 0.154 e. The lowest BCUT2D eigenvalue weighted by Gasteiger charge is -2.28. The average Bonchev–Trinajstić information content (AvgIpc) is 3.15. The van der Waals surface area contributed by atoms with E-state index >= 15 is 4.57 Å². The zero-order valence-electron chi connectivity index (χ0n) is 18.6. The lowest BCUT2D eigenvalue weighted by atomic mass is 10.0. The molecule has 0 N–H and O–H groups in total. The van der Waals surface area contributed by atoms with E-state index in [9.17, 15) is 0 Å². The number of fused-ring (bicyclic) bond motifs is 1. The van der Waals surface area contributed by atoms with Crippen molar-refractivity contribution in [1.82, 2.24) is 4.90 Å². The van der Waals surface area contributed by atoms with Crippen LogP contribution in [0.15, 0.2) is 90.5 Å². The van der Waals surface area contributed by atoms with Crippen molar-refractivity contribution >= 4 is 23.3 Å². The first kappa shape index (κ1) is 21.4. The Labute approximate surface area is 191 Å². The second-order valence-electron chi connectivity index (χ2n) is 8.68. The predicted octanol–water partition coefficient (Wildman–Crippen LogP) is 5.25. The summed E-state index contributed by atoms with van der Waals surface area (Å²) in [5, 5.41) is 1.86. The summed E-state index contributed by atoms with van der Waals surface area (Å²) in [5.41, 5.74) is 4.98. The fraction of sp³-hybridized carbons (Fsp3) is 0.286. The van der Waals surface area contributed by atoms with E-state index in [2.05, 4.69) is 36.1 Å². The molecule has 0 aromatic heterocycles. The monoisotopic (exact) mass is 443 g/mol. The third-order valence-electron chi connectivity index (χ3n) is 6.89. The molecule has 0 radical (unpaired) electrons. The Morgan fingerprint density at radius 1 is 0.844 bits per heavy atom. The third kappa shape index (κ3) is 3.79. The van der Waals surface area contributed by atoms with Crippen molar-refractivity contribution in [3.05, 3.63) is 102 Å². The number of nitrogens with zero attached hydrogens (tertiary/aromatic N) is 1. The highest BCUT2D eigenvalue weighted by atomic mass is 31.2. The summed E-state index contributed by atoms with van der Waals surface area (Å²) in [7, 11) is -2.94. The molecule has 0 spiro atoms. The number of allylic oxidation sites excluding steroid dienone is 1. The summed E-state index contributed by atoms with van der Waals surface area (Å²) in [5.74, 6) is 0. The quantitative estimate of drug-likeness (QED) is 0.488. The molecule has 1 saturated heterocycles. The summed E-state index contributed by atoms with van der Waals surface area (Å²) in [6, 6.07) is 28.8. The van der Waals surface area contributed by atoms with Gasteiger partial charge in [0.05, 0.1) is 18.9 Å². The van der Waals surface area contributed by atoms with Crippen LogP contribution in [0.3, 0.4) is 0 Å². The van der Waals surface area contributed by atoms with Gasteiger partial charge in [-0.1, -0.05) is 90.5 Å². The molecule has 1 atom stereocenters. The van der Waals surface area contributed by atoms with Gasteiger partial charge in [-0.15, -0.1) is 0 Å². The number of hydrogen-bond acceptors (Lipinski definition) is 3. The largest absolute Gasteiger partial charge is 0.379 e. The first-order chi connectivity index (χ1) is 15.7. The molecule has 3 nitrogen and oxygen atoms in total. The van der Waals surface area contributed by atoms with Crippen LogP contribution in [-0.2, 0) is 9.30 Å². The van der Waals surface area contributed by atoms with Gasteiger partial charge in [0.15, 0.2) is 7.14 Å². The summed E-state index contributed by atoms with van der Waals surface area (Å²) in [4.78, 5) is 2.48. The van der Waals surface area contributed by atoms with E-state index in [-0.39, 0.29) is 5.66 Å². The van der Waals surface area contributed by atoms with Crippen molar-refractivity contribution in [2.24, 2.45) is 0 Å². The highest BCUT2D eigenvalue weighted by molar-refractivity contribution is 7.79. The standard InChI is InChI=1S/C28H30NO2P/c1-22-25(16-17-29-18-20-31-21-19-29)26-14-8-9-15-27(26)28(22)32(30,23-10-4-2-5-11-23)24-12-6-3-7-13-24/h2-15,28H,16-21H2,1H3. The maximum absolute atomic E-state index is 15.2. The minimum Gasteiger partial charge on any atom is -0.379 e. The molecule has 0 amide bonds. The second-order valence-corrected chi connectivity index (χ2v) is 11.5. The smallest absolute Gasteiger partial charge is 0.154 e. The van der Waals surface area contributed by atoms with Crippen LogP contribution in [-0.4, -0.2) is 37.7 Å². The van der Waals surface area contributed by atoms with E-state index in [0.29, 0.717) is 0 Å². The van der Waals surface area contributed by atoms with Gasteiger partial charge in [0.1, 0.15) is 0 Å². The van der Waals surface area contributed by atoms with Crippen molar-refractivity contribution in [3.8, 4) is 0 Å². The van der Waals surface area contributed by atoms with Crippen LogP contribution >= 0.6 is 7.14 Å². The number of rotatable bonds is 6. The zero-order chi connectivity index (χ0) is 22.0. The topological polar surface area (TPSA) is 29.5 Å². The van der Waals surface area contributed by atoms with Gasteiger partial charge < -0.3 is 9.30 Å². The van der Waals surface area contributed by atoms with Crippen molar-refractivity contribution < 1.29 is 9.30 Å². The fourth-order valence-corrected chi connectivity index (χ4v) is 8.70. The van der Waals surface area contributed by atoms with Gasteiger partial charge >= 0.3 is 0 Å². The Kier molecular flexibility index (Phi) is 6.15. The van der Waals surface area contributed by atoms with E-state index in [4.69, 9.17) is 4.74 Å². The molecule has 32 heavy (non-hydrogen) atoms. The fourth-order valence-electron chi connectivity index (χ4n) is 5.26. The van der Waals surface area contributed by atoms with Gasteiger partial charge in [-0.25, -0.2) is 0 Å². The second kappa shape index (κ2) is 9.19. The summed E-state index contributed by atoms with van der Waals surface area (Å²) < 4.78 is 20.7. The molecule has 1 unspecified atom stereocenters. The molecule has 5 rings (SSSR count). The van der Waals surface area contributed by atoms with E-state index in [1.807, 2.05) is 60.7 Å². The molecule has 0 bridgehead atoms. The Hall–Kier alpha value is -2.45. The van der Waals surface area contributed by atoms with E-state index in [1.54, 1.807) is 0 Å². The normalized spacial score (nSPS) is 19.2. The average molecular weight is 444 g/mol. The van der Waals surface area contributed by atoms with Gasteiger partial charge in [0.25, 0.3) is 0 Å². The molecular weight excluding hydrogens is 413 g/mol. The Balaban J connectivity index is 1.61. The maximum atomic E-state index is 15.2. The van der Waals surface area contributed by atoms with Crippen LogP contribution in [0.5, 0.6) is 0 Å². The molecule has 0 saturated carbocycles. The number of hydrogen-bond donors (Lipinski definition) is 0. The molecule has 3 aromatic carbocycles. The van der Waals surface area contributed by atoms with Crippen LogP contribution in [0.1, 0.15) is 30.1 Å². The summed E-state index contributed by atoms with van der Waals surface area (Å²) in [6.45, 7) is 6.83.